The normalized spacial score (nSPS) is 24.2. The first kappa shape index (κ1) is 12.4. The van der Waals surface area contributed by atoms with E-state index in [0.717, 1.165) is 6.42 Å². The first-order chi connectivity index (χ1) is 8.63. The zero-order valence-electron chi connectivity index (χ0n) is 9.88. The van der Waals surface area contributed by atoms with Crippen LogP contribution in [-0.2, 0) is 9.53 Å². The molecule has 8 nitrogen and oxygen atoms in total. The maximum atomic E-state index is 12.0. The number of amides is 1. The maximum absolute atomic E-state index is 12.0. The second-order valence-corrected chi connectivity index (χ2v) is 4.19. The number of nitrogens with one attached hydrogen (secondary N) is 2. The van der Waals surface area contributed by atoms with Crippen LogP contribution in [0.1, 0.15) is 18.9 Å². The van der Waals surface area contributed by atoms with Gasteiger partial charge in [0.2, 0.25) is 0 Å². The summed E-state index contributed by atoms with van der Waals surface area (Å²) in [5.41, 5.74) is 5.78. The number of anilines is 1. The minimum atomic E-state index is -0.478. The highest BCUT2D eigenvalue weighted by Gasteiger charge is 2.31. The van der Waals surface area contributed by atoms with E-state index >= 15 is 0 Å². The Balaban J connectivity index is 2.10. The van der Waals surface area contributed by atoms with Crippen molar-refractivity contribution in [3.05, 3.63) is 11.8 Å². The van der Waals surface area contributed by atoms with Gasteiger partial charge in [-0.1, -0.05) is 12.1 Å². The van der Waals surface area contributed by atoms with Crippen molar-refractivity contribution < 1.29 is 14.7 Å². The first-order valence-corrected chi connectivity index (χ1v) is 5.57. The van der Waals surface area contributed by atoms with Gasteiger partial charge in [0, 0.05) is 6.61 Å². The molecule has 2 atom stereocenters. The lowest BCUT2D eigenvalue weighted by Crippen LogP contribution is -2.32. The third-order valence-corrected chi connectivity index (χ3v) is 2.92. The third kappa shape index (κ3) is 2.28. The summed E-state index contributed by atoms with van der Waals surface area (Å²) in [6.07, 6.45) is 1.74. The van der Waals surface area contributed by atoms with Crippen molar-refractivity contribution in [3.8, 4) is 0 Å². The van der Waals surface area contributed by atoms with Crippen molar-refractivity contribution in [2.24, 2.45) is 16.8 Å². The van der Waals surface area contributed by atoms with Crippen LogP contribution in [0.15, 0.2) is 11.4 Å². The second kappa shape index (κ2) is 5.05. The minimum absolute atomic E-state index is 0.126. The molecule has 0 aliphatic carbocycles. The second-order valence-electron chi connectivity index (χ2n) is 4.19. The number of aromatic amines is 1. The van der Waals surface area contributed by atoms with Crippen molar-refractivity contribution in [1.29, 1.82) is 0 Å². The molecule has 5 N–H and O–H groups in total. The highest BCUT2D eigenvalue weighted by molar-refractivity contribution is 6.05. The fourth-order valence-electron chi connectivity index (χ4n) is 1.85. The fourth-order valence-corrected chi connectivity index (χ4v) is 1.85. The zero-order valence-corrected chi connectivity index (χ0v) is 9.88. The summed E-state index contributed by atoms with van der Waals surface area (Å²) in [5, 5.41) is 20.4. The SMILES string of the molecule is CC1CCOC1C(=O)Nc1[nH]ncc1C(N)=NO. The van der Waals surface area contributed by atoms with Gasteiger partial charge in [-0.25, -0.2) is 0 Å². The van der Waals surface area contributed by atoms with Gasteiger partial charge in [0.05, 0.1) is 11.8 Å². The molecule has 0 radical (unpaired) electrons. The molecule has 98 valence electrons. The molecular weight excluding hydrogens is 238 g/mol. The lowest BCUT2D eigenvalue weighted by molar-refractivity contribution is -0.126. The number of amidine groups is 1. The molecule has 2 unspecified atom stereocenters. The molecule has 1 aromatic heterocycles. The highest BCUT2D eigenvalue weighted by Crippen LogP contribution is 2.21. The van der Waals surface area contributed by atoms with Gasteiger partial charge in [-0.15, -0.1) is 0 Å². The molecule has 0 bridgehead atoms. The maximum Gasteiger partial charge on any atom is 0.254 e. The van der Waals surface area contributed by atoms with Gasteiger partial charge in [0.1, 0.15) is 11.9 Å². The van der Waals surface area contributed by atoms with Crippen molar-refractivity contribution in [2.75, 3.05) is 11.9 Å². The monoisotopic (exact) mass is 253 g/mol. The van der Waals surface area contributed by atoms with Crippen LogP contribution >= 0.6 is 0 Å². The van der Waals surface area contributed by atoms with Crippen LogP contribution in [0.4, 0.5) is 5.82 Å². The van der Waals surface area contributed by atoms with E-state index in [2.05, 4.69) is 20.7 Å². The van der Waals surface area contributed by atoms with Gasteiger partial charge in [0.25, 0.3) is 5.91 Å². The number of nitrogens with zero attached hydrogens (tertiary/aromatic N) is 2. The van der Waals surface area contributed by atoms with Gasteiger partial charge >= 0.3 is 0 Å². The van der Waals surface area contributed by atoms with Crippen LogP contribution in [-0.4, -0.2) is 39.9 Å². The third-order valence-electron chi connectivity index (χ3n) is 2.92. The molecule has 18 heavy (non-hydrogen) atoms. The molecule has 1 aromatic rings. The van der Waals surface area contributed by atoms with E-state index in [9.17, 15) is 4.79 Å². The molecule has 1 aliphatic heterocycles. The van der Waals surface area contributed by atoms with Crippen LogP contribution in [0.25, 0.3) is 0 Å². The number of aromatic nitrogens is 2. The first-order valence-electron chi connectivity index (χ1n) is 5.57. The summed E-state index contributed by atoms with van der Waals surface area (Å²) in [4.78, 5) is 12.0. The molecule has 2 heterocycles. The average molecular weight is 253 g/mol. The molecule has 0 spiro atoms. The van der Waals surface area contributed by atoms with Gasteiger partial charge in [-0.3, -0.25) is 9.89 Å². The Bertz CT molecular complexity index is 470. The van der Waals surface area contributed by atoms with E-state index in [1.54, 1.807) is 0 Å². The summed E-state index contributed by atoms with van der Waals surface area (Å²) < 4.78 is 5.35. The number of oxime groups is 1. The van der Waals surface area contributed by atoms with E-state index in [-0.39, 0.29) is 23.5 Å². The summed E-state index contributed by atoms with van der Waals surface area (Å²) in [7, 11) is 0. The Kier molecular flexibility index (Phi) is 3.47. The molecule has 1 aliphatic rings. The van der Waals surface area contributed by atoms with Crippen LogP contribution in [0.5, 0.6) is 0 Å². The summed E-state index contributed by atoms with van der Waals surface area (Å²) >= 11 is 0. The van der Waals surface area contributed by atoms with Crippen LogP contribution in [0.3, 0.4) is 0 Å². The molecule has 0 aromatic carbocycles. The van der Waals surface area contributed by atoms with Gasteiger partial charge in [-0.05, 0) is 12.3 Å². The number of hydrogen-bond donors (Lipinski definition) is 4. The van der Waals surface area contributed by atoms with Crippen molar-refractivity contribution in [1.82, 2.24) is 10.2 Å². The van der Waals surface area contributed by atoms with Crippen LogP contribution in [0.2, 0.25) is 0 Å². The summed E-state index contributed by atoms with van der Waals surface area (Å²) in [6.45, 7) is 2.53. The molecule has 8 heteroatoms. The molecule has 1 amide bonds. The lowest BCUT2D eigenvalue weighted by Gasteiger charge is -2.14. The predicted molar refractivity (Wildman–Crippen MR) is 63.2 cm³/mol. The largest absolute Gasteiger partial charge is 0.409 e. The van der Waals surface area contributed by atoms with Crippen molar-refractivity contribution >= 4 is 17.6 Å². The van der Waals surface area contributed by atoms with Gasteiger partial charge in [-0.2, -0.15) is 5.10 Å². The summed E-state index contributed by atoms with van der Waals surface area (Å²) in [5.74, 6) is 0.0638. The van der Waals surface area contributed by atoms with E-state index in [1.807, 2.05) is 6.92 Å². The van der Waals surface area contributed by atoms with Crippen molar-refractivity contribution in [3.63, 3.8) is 0 Å². The topological polar surface area (TPSA) is 126 Å². The molecular formula is C10H15N5O3. The van der Waals surface area contributed by atoms with E-state index < -0.39 is 6.10 Å². The highest BCUT2D eigenvalue weighted by atomic mass is 16.5. The van der Waals surface area contributed by atoms with Gasteiger partial charge < -0.3 is 21.0 Å². The zero-order chi connectivity index (χ0) is 13.1. The molecule has 1 saturated heterocycles. The van der Waals surface area contributed by atoms with E-state index in [1.165, 1.54) is 6.20 Å². The summed E-state index contributed by atoms with van der Waals surface area (Å²) in [6, 6.07) is 0. The Morgan fingerprint density at radius 3 is 3.17 bits per heavy atom. The van der Waals surface area contributed by atoms with Crippen LogP contribution < -0.4 is 11.1 Å². The predicted octanol–water partition coefficient (Wildman–Crippen LogP) is -0.132. The number of rotatable bonds is 3. The average Bonchev–Trinajstić information content (AvgIpc) is 2.97. The van der Waals surface area contributed by atoms with E-state index in [4.69, 9.17) is 15.7 Å². The standard InChI is InChI=1S/C10H15N5O3/c1-5-2-3-18-7(5)10(16)13-9-6(4-12-14-9)8(11)15-17/h4-5,7,17H,2-3H2,1H3,(H2,11,15)(H2,12,13,14,16). The molecule has 1 fully saturated rings. The number of carbonyl (C=O) groups excluding carboxylic acids is 1. The Labute approximate surface area is 103 Å². The van der Waals surface area contributed by atoms with Gasteiger partial charge in [0.15, 0.2) is 5.84 Å². The smallest absolute Gasteiger partial charge is 0.254 e. The minimum Gasteiger partial charge on any atom is -0.409 e. The number of nitrogens with two attached hydrogens (primary N) is 1. The Morgan fingerprint density at radius 2 is 2.56 bits per heavy atom. The number of H-pyrrole nitrogens is 1. The number of hydrogen-bond acceptors (Lipinski definition) is 5. The number of carbonyl (C=O) groups is 1. The van der Waals surface area contributed by atoms with E-state index in [0.29, 0.717) is 12.2 Å². The lowest BCUT2D eigenvalue weighted by atomic mass is 10.0. The fraction of sp³-hybridized carbons (Fsp3) is 0.500. The Hall–Kier alpha value is -2.09. The molecule has 2 rings (SSSR count). The van der Waals surface area contributed by atoms with Crippen molar-refractivity contribution in [2.45, 2.75) is 19.4 Å². The quantitative estimate of drug-likeness (QED) is 0.258. The Morgan fingerprint density at radius 1 is 1.78 bits per heavy atom. The molecule has 0 saturated carbocycles. The number of ether oxygens (including phenoxy) is 1. The van der Waals surface area contributed by atoms with Crippen LogP contribution in [0, 0.1) is 5.92 Å².